The summed E-state index contributed by atoms with van der Waals surface area (Å²) in [5, 5.41) is 11.9. The Kier molecular flexibility index (Phi) is 6.17. The molecule has 1 atom stereocenters. The van der Waals surface area contributed by atoms with Gasteiger partial charge in [0, 0.05) is 13.1 Å². The summed E-state index contributed by atoms with van der Waals surface area (Å²) in [6, 6.07) is 12.7. The van der Waals surface area contributed by atoms with Crippen LogP contribution in [0.2, 0.25) is 0 Å². The first kappa shape index (κ1) is 20.9. The number of aromatic nitrogens is 3. The number of methoxy groups -OCH3 is 2. The van der Waals surface area contributed by atoms with Crippen LogP contribution in [0.4, 0.5) is 5.69 Å². The minimum absolute atomic E-state index is 0.159. The molecule has 0 radical (unpaired) electrons. The van der Waals surface area contributed by atoms with Crippen LogP contribution in [0.25, 0.3) is 0 Å². The first-order valence-electron chi connectivity index (χ1n) is 9.51. The van der Waals surface area contributed by atoms with Gasteiger partial charge in [-0.2, -0.15) is 0 Å². The zero-order valence-electron chi connectivity index (χ0n) is 17.3. The second-order valence-electron chi connectivity index (χ2n) is 6.67. The molecule has 0 bridgehead atoms. The largest absolute Gasteiger partial charge is 0.497 e. The number of ether oxygens (including phenoxy) is 4. The van der Waals surface area contributed by atoms with E-state index in [-0.39, 0.29) is 17.8 Å². The molecule has 0 aliphatic carbocycles. The molecule has 31 heavy (non-hydrogen) atoms. The summed E-state index contributed by atoms with van der Waals surface area (Å²) >= 11 is 1.28. The van der Waals surface area contributed by atoms with Crippen molar-refractivity contribution in [3.05, 3.63) is 48.3 Å². The highest BCUT2D eigenvalue weighted by molar-refractivity contribution is 7.99. The van der Waals surface area contributed by atoms with Crippen LogP contribution >= 0.6 is 11.8 Å². The summed E-state index contributed by atoms with van der Waals surface area (Å²) in [5.41, 5.74) is 0.568. The second kappa shape index (κ2) is 9.17. The SMILES string of the molecule is COc1ccc(NC(=O)CSc2nnc(C3COc4ccccc4O3)n2C)c(OC)c1. The van der Waals surface area contributed by atoms with Crippen molar-refractivity contribution in [1.82, 2.24) is 14.8 Å². The number of amides is 1. The molecule has 1 unspecified atom stereocenters. The smallest absolute Gasteiger partial charge is 0.234 e. The van der Waals surface area contributed by atoms with Crippen molar-refractivity contribution < 1.29 is 23.7 Å². The monoisotopic (exact) mass is 442 g/mol. The van der Waals surface area contributed by atoms with Gasteiger partial charge in [0.15, 0.2) is 28.6 Å². The van der Waals surface area contributed by atoms with E-state index in [2.05, 4.69) is 15.5 Å². The molecule has 2 heterocycles. The van der Waals surface area contributed by atoms with Crippen molar-refractivity contribution in [2.75, 3.05) is 31.9 Å². The molecule has 1 aromatic heterocycles. The lowest BCUT2D eigenvalue weighted by atomic mass is 10.2. The standard InChI is InChI=1S/C21H22N4O5S/c1-25-20(18-11-29-15-6-4-5-7-16(15)30-18)23-24-21(25)31-12-19(26)22-14-9-8-13(27-2)10-17(14)28-3/h4-10,18H,11-12H2,1-3H3,(H,22,26). The average Bonchev–Trinajstić information content (AvgIpc) is 3.17. The summed E-state index contributed by atoms with van der Waals surface area (Å²) in [5.74, 6) is 3.15. The molecule has 2 aromatic carbocycles. The van der Waals surface area contributed by atoms with Crippen LogP contribution < -0.4 is 24.3 Å². The Balaban J connectivity index is 1.38. The summed E-state index contributed by atoms with van der Waals surface area (Å²) < 4.78 is 24.1. The predicted molar refractivity (Wildman–Crippen MR) is 115 cm³/mol. The van der Waals surface area contributed by atoms with Crippen molar-refractivity contribution in [2.45, 2.75) is 11.3 Å². The average molecular weight is 442 g/mol. The maximum atomic E-state index is 12.4. The van der Waals surface area contributed by atoms with Gasteiger partial charge in [-0.05, 0) is 24.3 Å². The molecular formula is C21H22N4O5S. The van der Waals surface area contributed by atoms with Crippen LogP contribution in [-0.2, 0) is 11.8 Å². The molecule has 10 heteroatoms. The highest BCUT2D eigenvalue weighted by Gasteiger charge is 2.27. The van der Waals surface area contributed by atoms with Crippen molar-refractivity contribution in [2.24, 2.45) is 7.05 Å². The van der Waals surface area contributed by atoms with E-state index in [1.54, 1.807) is 25.3 Å². The minimum Gasteiger partial charge on any atom is -0.497 e. The Morgan fingerprint density at radius 1 is 1.19 bits per heavy atom. The van der Waals surface area contributed by atoms with Gasteiger partial charge in [-0.1, -0.05) is 23.9 Å². The molecular weight excluding hydrogens is 420 g/mol. The quantitative estimate of drug-likeness (QED) is 0.558. The normalized spacial score (nSPS) is 14.7. The molecule has 0 spiro atoms. The number of fused-ring (bicyclic) bond motifs is 1. The third-order valence-corrected chi connectivity index (χ3v) is 5.70. The number of hydrogen-bond donors (Lipinski definition) is 1. The van der Waals surface area contributed by atoms with Crippen molar-refractivity contribution in [1.29, 1.82) is 0 Å². The second-order valence-corrected chi connectivity index (χ2v) is 7.61. The lowest BCUT2D eigenvalue weighted by Crippen LogP contribution is -2.24. The molecule has 4 rings (SSSR count). The van der Waals surface area contributed by atoms with Crippen molar-refractivity contribution >= 4 is 23.4 Å². The molecule has 0 saturated carbocycles. The van der Waals surface area contributed by atoms with Gasteiger partial charge in [-0.15, -0.1) is 10.2 Å². The van der Waals surface area contributed by atoms with Crippen LogP contribution in [0.5, 0.6) is 23.0 Å². The number of carbonyl (C=O) groups is 1. The first-order valence-corrected chi connectivity index (χ1v) is 10.5. The molecule has 9 nitrogen and oxygen atoms in total. The Morgan fingerprint density at radius 2 is 2.00 bits per heavy atom. The molecule has 1 amide bonds. The first-order chi connectivity index (χ1) is 15.1. The van der Waals surface area contributed by atoms with E-state index in [0.717, 1.165) is 0 Å². The Hall–Kier alpha value is -3.40. The zero-order chi connectivity index (χ0) is 21.8. The Labute approximate surface area is 183 Å². The van der Waals surface area contributed by atoms with Crippen LogP contribution in [-0.4, -0.2) is 47.3 Å². The van der Waals surface area contributed by atoms with Crippen LogP contribution in [0, 0.1) is 0 Å². The predicted octanol–water partition coefficient (Wildman–Crippen LogP) is 3.08. The lowest BCUT2D eigenvalue weighted by Gasteiger charge is -2.25. The number of nitrogens with zero attached hydrogens (tertiary/aromatic N) is 3. The van der Waals surface area contributed by atoms with E-state index < -0.39 is 0 Å². The Morgan fingerprint density at radius 3 is 2.77 bits per heavy atom. The van der Waals surface area contributed by atoms with E-state index in [0.29, 0.717) is 46.3 Å². The molecule has 1 aliphatic heterocycles. The van der Waals surface area contributed by atoms with Gasteiger partial charge in [-0.3, -0.25) is 4.79 Å². The number of rotatable bonds is 7. The highest BCUT2D eigenvalue weighted by Crippen LogP contribution is 2.36. The number of anilines is 1. The zero-order valence-corrected chi connectivity index (χ0v) is 18.1. The van der Waals surface area contributed by atoms with Crippen LogP contribution in [0.1, 0.15) is 11.9 Å². The van der Waals surface area contributed by atoms with Gasteiger partial charge in [0.25, 0.3) is 0 Å². The van der Waals surface area contributed by atoms with E-state index in [4.69, 9.17) is 18.9 Å². The van der Waals surface area contributed by atoms with E-state index in [1.165, 1.54) is 18.9 Å². The van der Waals surface area contributed by atoms with Gasteiger partial charge in [-0.25, -0.2) is 0 Å². The number of para-hydroxylation sites is 2. The summed E-state index contributed by atoms with van der Waals surface area (Å²) in [7, 11) is 4.95. The van der Waals surface area contributed by atoms with Crippen LogP contribution in [0.3, 0.4) is 0 Å². The van der Waals surface area contributed by atoms with Crippen molar-refractivity contribution in [3.63, 3.8) is 0 Å². The number of thioether (sulfide) groups is 1. The van der Waals surface area contributed by atoms with Gasteiger partial charge in [0.2, 0.25) is 5.91 Å². The molecule has 1 aliphatic rings. The number of hydrogen-bond acceptors (Lipinski definition) is 8. The van der Waals surface area contributed by atoms with E-state index >= 15 is 0 Å². The number of carbonyl (C=O) groups excluding carboxylic acids is 1. The lowest BCUT2D eigenvalue weighted by molar-refractivity contribution is -0.113. The Bertz CT molecular complexity index is 1090. The van der Waals surface area contributed by atoms with Gasteiger partial charge in [0.05, 0.1) is 25.7 Å². The van der Waals surface area contributed by atoms with Crippen LogP contribution in [0.15, 0.2) is 47.6 Å². The maximum Gasteiger partial charge on any atom is 0.234 e. The van der Waals surface area contributed by atoms with E-state index in [9.17, 15) is 4.79 Å². The summed E-state index contributed by atoms with van der Waals surface area (Å²) in [6.45, 7) is 0.339. The molecule has 0 saturated heterocycles. The van der Waals surface area contributed by atoms with Gasteiger partial charge >= 0.3 is 0 Å². The number of nitrogens with one attached hydrogen (secondary N) is 1. The fraction of sp³-hybridized carbons (Fsp3) is 0.286. The maximum absolute atomic E-state index is 12.4. The fourth-order valence-corrected chi connectivity index (χ4v) is 3.82. The number of benzene rings is 2. The molecule has 162 valence electrons. The summed E-state index contributed by atoms with van der Waals surface area (Å²) in [4.78, 5) is 12.4. The molecule has 0 fully saturated rings. The molecule has 1 N–H and O–H groups in total. The topological polar surface area (TPSA) is 96.7 Å². The third kappa shape index (κ3) is 4.53. The van der Waals surface area contributed by atoms with E-state index in [1.807, 2.05) is 35.9 Å². The van der Waals surface area contributed by atoms with Crippen molar-refractivity contribution in [3.8, 4) is 23.0 Å². The molecule has 3 aromatic rings. The minimum atomic E-state index is -0.376. The van der Waals surface area contributed by atoms with Gasteiger partial charge < -0.3 is 28.8 Å². The highest BCUT2D eigenvalue weighted by atomic mass is 32.2. The third-order valence-electron chi connectivity index (χ3n) is 4.68. The van der Waals surface area contributed by atoms with Gasteiger partial charge in [0.1, 0.15) is 18.1 Å². The summed E-state index contributed by atoms with van der Waals surface area (Å²) in [6.07, 6.45) is -0.376. The fourth-order valence-electron chi connectivity index (χ4n) is 3.10.